The van der Waals surface area contributed by atoms with Crippen molar-refractivity contribution < 1.29 is 23.8 Å². The number of likely N-dealkylation sites (tertiary alicyclic amines) is 1. The number of fused-ring (bicyclic) bond motifs is 1. The largest absolute Gasteiger partial charge is 0.462 e. The van der Waals surface area contributed by atoms with Crippen LogP contribution in [0.2, 0.25) is 0 Å². The van der Waals surface area contributed by atoms with Gasteiger partial charge in [-0.3, -0.25) is 4.79 Å². The van der Waals surface area contributed by atoms with Gasteiger partial charge in [0.15, 0.2) is 11.5 Å². The Morgan fingerprint density at radius 1 is 1.00 bits per heavy atom. The lowest BCUT2D eigenvalue weighted by atomic mass is 10.1. The van der Waals surface area contributed by atoms with Gasteiger partial charge in [-0.25, -0.2) is 4.79 Å². The Balaban J connectivity index is 0.000000214. The molecular formula is C28H34N2O5. The molecule has 2 aliphatic heterocycles. The molecule has 1 fully saturated rings. The van der Waals surface area contributed by atoms with Gasteiger partial charge in [-0.2, -0.15) is 0 Å². The smallest absolute Gasteiger partial charge is 0.338 e. The average molecular weight is 479 g/mol. The van der Waals surface area contributed by atoms with Gasteiger partial charge in [0, 0.05) is 24.9 Å². The highest BCUT2D eigenvalue weighted by molar-refractivity contribution is 5.89. The predicted octanol–water partition coefficient (Wildman–Crippen LogP) is 5.22. The molecule has 35 heavy (non-hydrogen) atoms. The summed E-state index contributed by atoms with van der Waals surface area (Å²) in [4.78, 5) is 25.2. The van der Waals surface area contributed by atoms with E-state index in [1.165, 1.54) is 6.42 Å². The Morgan fingerprint density at radius 2 is 1.74 bits per heavy atom. The molecule has 0 saturated carbocycles. The summed E-state index contributed by atoms with van der Waals surface area (Å²) in [7, 11) is 0. The third-order valence-corrected chi connectivity index (χ3v) is 5.58. The molecular weight excluding hydrogens is 444 g/mol. The van der Waals surface area contributed by atoms with Crippen molar-refractivity contribution in [1.82, 2.24) is 4.90 Å². The SMILES string of the molecule is CCCCOC(=O)c1ccc(N)cc1.O=C(C=CC=Cc1ccc2c(c1)OCO2)N1CCCCC1. The molecule has 0 aliphatic carbocycles. The molecule has 0 atom stereocenters. The van der Waals surface area contributed by atoms with Crippen molar-refractivity contribution in [3.05, 3.63) is 71.8 Å². The van der Waals surface area contributed by atoms with Gasteiger partial charge in [0.2, 0.25) is 12.7 Å². The van der Waals surface area contributed by atoms with E-state index in [1.807, 2.05) is 35.3 Å². The molecule has 1 saturated heterocycles. The van der Waals surface area contributed by atoms with Crippen molar-refractivity contribution in [2.24, 2.45) is 0 Å². The number of amides is 1. The van der Waals surface area contributed by atoms with Crippen LogP contribution in [0.15, 0.2) is 60.7 Å². The Bertz CT molecular complexity index is 1020. The lowest BCUT2D eigenvalue weighted by molar-refractivity contribution is -0.126. The van der Waals surface area contributed by atoms with Crippen LogP contribution in [0.4, 0.5) is 5.69 Å². The summed E-state index contributed by atoms with van der Waals surface area (Å²) in [5, 5.41) is 0. The summed E-state index contributed by atoms with van der Waals surface area (Å²) in [6.45, 7) is 4.59. The predicted molar refractivity (Wildman–Crippen MR) is 137 cm³/mol. The molecule has 7 nitrogen and oxygen atoms in total. The first-order valence-electron chi connectivity index (χ1n) is 12.1. The number of nitrogens with two attached hydrogens (primary N) is 1. The summed E-state index contributed by atoms with van der Waals surface area (Å²) in [5.74, 6) is 1.37. The molecule has 0 bridgehead atoms. The number of nitrogens with zero attached hydrogens (tertiary/aromatic N) is 1. The van der Waals surface area contributed by atoms with Gasteiger partial charge >= 0.3 is 5.97 Å². The van der Waals surface area contributed by atoms with E-state index in [9.17, 15) is 9.59 Å². The molecule has 4 rings (SSSR count). The first kappa shape index (κ1) is 25.9. The van der Waals surface area contributed by atoms with Crippen LogP contribution in [0.25, 0.3) is 6.08 Å². The molecule has 7 heteroatoms. The second kappa shape index (κ2) is 13.8. The molecule has 186 valence electrons. The maximum absolute atomic E-state index is 11.9. The second-order valence-electron chi connectivity index (χ2n) is 8.33. The zero-order chi connectivity index (χ0) is 24.9. The van der Waals surface area contributed by atoms with Crippen LogP contribution in [-0.4, -0.2) is 43.3 Å². The molecule has 0 radical (unpaired) electrons. The molecule has 2 heterocycles. The molecule has 2 N–H and O–H groups in total. The van der Waals surface area contributed by atoms with Crippen molar-refractivity contribution in [3.63, 3.8) is 0 Å². The highest BCUT2D eigenvalue weighted by atomic mass is 16.7. The molecule has 2 aliphatic rings. The number of carbonyl (C=O) groups is 2. The Labute approximate surface area is 207 Å². The van der Waals surface area contributed by atoms with Gasteiger partial charge in [-0.05, 0) is 67.6 Å². The molecule has 0 spiro atoms. The van der Waals surface area contributed by atoms with Crippen LogP contribution in [0, 0.1) is 0 Å². The fraction of sp³-hybridized carbons (Fsp3) is 0.357. The Morgan fingerprint density at radius 3 is 2.49 bits per heavy atom. The minimum absolute atomic E-state index is 0.102. The summed E-state index contributed by atoms with van der Waals surface area (Å²) in [6.07, 6.45) is 12.6. The van der Waals surface area contributed by atoms with Crippen LogP contribution in [0.3, 0.4) is 0 Å². The number of ether oxygens (including phenoxy) is 3. The van der Waals surface area contributed by atoms with Crippen LogP contribution >= 0.6 is 0 Å². The highest BCUT2D eigenvalue weighted by Crippen LogP contribution is 2.32. The monoisotopic (exact) mass is 478 g/mol. The molecule has 0 aromatic heterocycles. The molecule has 2 aromatic carbocycles. The number of rotatable bonds is 7. The number of allylic oxidation sites excluding steroid dienone is 2. The zero-order valence-electron chi connectivity index (χ0n) is 20.3. The quantitative estimate of drug-likeness (QED) is 0.193. The number of unbranched alkanes of at least 4 members (excludes halogenated alkanes) is 1. The molecule has 2 aromatic rings. The fourth-order valence-electron chi connectivity index (χ4n) is 3.55. The van der Waals surface area contributed by atoms with Gasteiger partial charge in [0.1, 0.15) is 0 Å². The Hall–Kier alpha value is -3.74. The normalized spacial score (nSPS) is 14.6. The number of esters is 1. The molecule has 0 unspecified atom stereocenters. The first-order chi connectivity index (χ1) is 17.1. The fourth-order valence-corrected chi connectivity index (χ4v) is 3.55. The van der Waals surface area contributed by atoms with E-state index in [-0.39, 0.29) is 18.7 Å². The summed E-state index contributed by atoms with van der Waals surface area (Å²) in [5.41, 5.74) is 7.72. The number of piperidine rings is 1. The van der Waals surface area contributed by atoms with Crippen LogP contribution in [0.5, 0.6) is 11.5 Å². The van der Waals surface area contributed by atoms with E-state index in [0.717, 1.165) is 55.8 Å². The Kier molecular flexibility index (Phi) is 10.2. The van der Waals surface area contributed by atoms with E-state index < -0.39 is 0 Å². The zero-order valence-corrected chi connectivity index (χ0v) is 20.3. The van der Waals surface area contributed by atoms with Gasteiger partial charge in [0.05, 0.1) is 12.2 Å². The van der Waals surface area contributed by atoms with Crippen LogP contribution in [0.1, 0.15) is 54.9 Å². The maximum Gasteiger partial charge on any atom is 0.338 e. The number of hydrogen-bond acceptors (Lipinski definition) is 6. The lowest BCUT2D eigenvalue weighted by Gasteiger charge is -2.25. The maximum atomic E-state index is 11.9. The second-order valence-corrected chi connectivity index (χ2v) is 8.33. The topological polar surface area (TPSA) is 91.1 Å². The van der Waals surface area contributed by atoms with Crippen molar-refractivity contribution in [2.45, 2.75) is 39.0 Å². The van der Waals surface area contributed by atoms with Crippen molar-refractivity contribution in [2.75, 3.05) is 32.2 Å². The van der Waals surface area contributed by atoms with Gasteiger partial charge < -0.3 is 24.8 Å². The number of anilines is 1. The third-order valence-electron chi connectivity index (χ3n) is 5.58. The van der Waals surface area contributed by atoms with E-state index in [0.29, 0.717) is 17.9 Å². The number of hydrogen-bond donors (Lipinski definition) is 1. The van der Waals surface area contributed by atoms with Crippen LogP contribution < -0.4 is 15.2 Å². The van der Waals surface area contributed by atoms with E-state index >= 15 is 0 Å². The average Bonchev–Trinajstić information content (AvgIpc) is 3.36. The van der Waals surface area contributed by atoms with Crippen molar-refractivity contribution in [1.29, 1.82) is 0 Å². The highest BCUT2D eigenvalue weighted by Gasteiger charge is 2.13. The van der Waals surface area contributed by atoms with Crippen LogP contribution in [-0.2, 0) is 9.53 Å². The summed E-state index contributed by atoms with van der Waals surface area (Å²) < 4.78 is 15.6. The van der Waals surface area contributed by atoms with Gasteiger partial charge in [-0.1, -0.05) is 37.6 Å². The number of carbonyl (C=O) groups excluding carboxylic acids is 2. The lowest BCUT2D eigenvalue weighted by Crippen LogP contribution is -2.34. The third kappa shape index (κ3) is 8.52. The van der Waals surface area contributed by atoms with Gasteiger partial charge in [0.25, 0.3) is 0 Å². The summed E-state index contributed by atoms with van der Waals surface area (Å²) in [6, 6.07) is 12.5. The van der Waals surface area contributed by atoms with Gasteiger partial charge in [-0.15, -0.1) is 0 Å². The minimum atomic E-state index is -0.279. The van der Waals surface area contributed by atoms with E-state index in [1.54, 1.807) is 36.4 Å². The van der Waals surface area contributed by atoms with E-state index in [2.05, 4.69) is 6.92 Å². The first-order valence-corrected chi connectivity index (χ1v) is 12.1. The summed E-state index contributed by atoms with van der Waals surface area (Å²) >= 11 is 0. The van der Waals surface area contributed by atoms with Crippen molar-refractivity contribution >= 4 is 23.6 Å². The van der Waals surface area contributed by atoms with E-state index in [4.69, 9.17) is 19.9 Å². The minimum Gasteiger partial charge on any atom is -0.462 e. The molecule has 1 amide bonds. The standard InChI is InChI=1S/C17H19NO3.C11H15NO2/c19-17(18-10-4-1-5-11-18)7-3-2-6-14-8-9-15-16(12-14)21-13-20-15;1-2-3-8-14-11(13)9-4-6-10(12)7-5-9/h2-3,6-9,12H,1,4-5,10-11,13H2;4-7H,2-3,8,12H2,1H3. The van der Waals surface area contributed by atoms with Crippen molar-refractivity contribution in [3.8, 4) is 11.5 Å². The number of benzene rings is 2. The number of nitrogen functional groups attached to an aromatic ring is 1.